The van der Waals surface area contributed by atoms with Crippen LogP contribution in [0.4, 0.5) is 4.39 Å². The van der Waals surface area contributed by atoms with Crippen molar-refractivity contribution < 1.29 is 17.6 Å². The van der Waals surface area contributed by atoms with E-state index in [4.69, 9.17) is 0 Å². The highest BCUT2D eigenvalue weighted by molar-refractivity contribution is 7.91. The largest absolute Gasteiger partial charge is 0.350 e. The second-order valence-electron chi connectivity index (χ2n) is 6.39. The van der Waals surface area contributed by atoms with Crippen molar-refractivity contribution >= 4 is 15.7 Å². The van der Waals surface area contributed by atoms with Crippen LogP contribution in [0.25, 0.3) is 0 Å². The van der Waals surface area contributed by atoms with Gasteiger partial charge in [0.2, 0.25) is 5.91 Å². The molecule has 3 atom stereocenters. The van der Waals surface area contributed by atoms with Crippen LogP contribution in [0.3, 0.4) is 0 Å². The Balaban J connectivity index is 1.62. The van der Waals surface area contributed by atoms with Crippen LogP contribution >= 0.6 is 0 Å². The Morgan fingerprint density at radius 2 is 2.00 bits per heavy atom. The van der Waals surface area contributed by atoms with Crippen molar-refractivity contribution in [2.75, 3.05) is 11.5 Å². The van der Waals surface area contributed by atoms with Gasteiger partial charge in [0, 0.05) is 5.92 Å². The molecule has 114 valence electrons. The zero-order valence-corrected chi connectivity index (χ0v) is 12.6. The maximum absolute atomic E-state index is 12.9. The van der Waals surface area contributed by atoms with E-state index in [0.29, 0.717) is 6.42 Å². The lowest BCUT2D eigenvalue weighted by atomic mass is 10.0. The summed E-state index contributed by atoms with van der Waals surface area (Å²) in [7, 11) is -3.03. The molecule has 3 unspecified atom stereocenters. The van der Waals surface area contributed by atoms with Crippen molar-refractivity contribution in [3.05, 3.63) is 35.6 Å². The molecule has 1 heterocycles. The minimum atomic E-state index is -3.03. The van der Waals surface area contributed by atoms with Gasteiger partial charge in [0.15, 0.2) is 9.84 Å². The predicted molar refractivity (Wildman–Crippen MR) is 77.1 cm³/mol. The summed E-state index contributed by atoms with van der Waals surface area (Å²) in [6.07, 6.45) is 1.20. The summed E-state index contributed by atoms with van der Waals surface area (Å²) in [6.45, 7) is 1.78. The number of amides is 1. The average Bonchev–Trinajstić information content (AvgIpc) is 3.12. The van der Waals surface area contributed by atoms with Gasteiger partial charge >= 0.3 is 0 Å². The first kappa shape index (κ1) is 14.5. The summed E-state index contributed by atoms with van der Waals surface area (Å²) in [5.41, 5.74) is 0.312. The Morgan fingerprint density at radius 3 is 2.57 bits per heavy atom. The fourth-order valence-electron chi connectivity index (χ4n) is 3.06. The number of carbonyl (C=O) groups excluding carboxylic acids is 1. The number of sulfone groups is 1. The SMILES string of the molecule is CC1(NC(=O)C2CC2c2ccc(F)cc2)CCS(=O)(=O)C1. The lowest BCUT2D eigenvalue weighted by Crippen LogP contribution is -2.47. The smallest absolute Gasteiger partial charge is 0.224 e. The van der Waals surface area contributed by atoms with Gasteiger partial charge in [-0.2, -0.15) is 0 Å². The highest BCUT2D eigenvalue weighted by Crippen LogP contribution is 2.47. The molecule has 1 saturated carbocycles. The summed E-state index contributed by atoms with van der Waals surface area (Å²) in [6, 6.07) is 6.20. The number of halogens is 1. The topological polar surface area (TPSA) is 63.2 Å². The van der Waals surface area contributed by atoms with Crippen LogP contribution in [0.2, 0.25) is 0 Å². The third-order valence-electron chi connectivity index (χ3n) is 4.35. The second-order valence-corrected chi connectivity index (χ2v) is 8.58. The number of rotatable bonds is 3. The highest BCUT2D eigenvalue weighted by atomic mass is 32.2. The molecule has 1 aromatic rings. The molecule has 1 aliphatic carbocycles. The molecule has 0 aromatic heterocycles. The quantitative estimate of drug-likeness (QED) is 0.922. The highest BCUT2D eigenvalue weighted by Gasteiger charge is 2.47. The van der Waals surface area contributed by atoms with Gasteiger partial charge in [-0.05, 0) is 43.4 Å². The summed E-state index contributed by atoms with van der Waals surface area (Å²) in [5.74, 6) is -0.244. The van der Waals surface area contributed by atoms with E-state index in [0.717, 1.165) is 12.0 Å². The first-order chi connectivity index (χ1) is 9.78. The fourth-order valence-corrected chi connectivity index (χ4v) is 5.16. The Morgan fingerprint density at radius 1 is 1.33 bits per heavy atom. The molecule has 6 heteroatoms. The van der Waals surface area contributed by atoms with Crippen LogP contribution in [0.15, 0.2) is 24.3 Å². The third-order valence-corrected chi connectivity index (χ3v) is 6.26. The summed E-state index contributed by atoms with van der Waals surface area (Å²) in [4.78, 5) is 12.2. The van der Waals surface area contributed by atoms with Gasteiger partial charge in [-0.25, -0.2) is 12.8 Å². The fraction of sp³-hybridized carbons (Fsp3) is 0.533. The van der Waals surface area contributed by atoms with Crippen LogP contribution in [-0.2, 0) is 14.6 Å². The van der Waals surface area contributed by atoms with Gasteiger partial charge in [-0.15, -0.1) is 0 Å². The first-order valence-electron chi connectivity index (χ1n) is 7.06. The van der Waals surface area contributed by atoms with Crippen LogP contribution < -0.4 is 5.32 Å². The van der Waals surface area contributed by atoms with Crippen molar-refractivity contribution in [3.63, 3.8) is 0 Å². The lowest BCUT2D eigenvalue weighted by molar-refractivity contribution is -0.123. The number of nitrogens with one attached hydrogen (secondary N) is 1. The van der Waals surface area contributed by atoms with Crippen molar-refractivity contribution in [1.29, 1.82) is 0 Å². The van der Waals surface area contributed by atoms with E-state index in [2.05, 4.69) is 5.32 Å². The van der Waals surface area contributed by atoms with Crippen LogP contribution in [0.5, 0.6) is 0 Å². The second kappa shape index (κ2) is 4.80. The van der Waals surface area contributed by atoms with E-state index >= 15 is 0 Å². The van der Waals surface area contributed by atoms with Gasteiger partial charge in [0.1, 0.15) is 5.82 Å². The van der Waals surface area contributed by atoms with Crippen LogP contribution in [0, 0.1) is 11.7 Å². The maximum Gasteiger partial charge on any atom is 0.224 e. The minimum Gasteiger partial charge on any atom is -0.350 e. The van der Waals surface area contributed by atoms with Crippen molar-refractivity contribution in [3.8, 4) is 0 Å². The van der Waals surface area contributed by atoms with Gasteiger partial charge < -0.3 is 5.32 Å². The van der Waals surface area contributed by atoms with Gasteiger partial charge in [0.25, 0.3) is 0 Å². The molecule has 2 fully saturated rings. The lowest BCUT2D eigenvalue weighted by Gasteiger charge is -2.24. The maximum atomic E-state index is 12.9. The molecule has 0 bridgehead atoms. The summed E-state index contributed by atoms with van der Waals surface area (Å²) < 4.78 is 36.0. The monoisotopic (exact) mass is 311 g/mol. The van der Waals surface area contributed by atoms with Crippen LogP contribution in [-0.4, -0.2) is 31.4 Å². The number of carbonyl (C=O) groups is 1. The zero-order chi connectivity index (χ0) is 15.3. The molecule has 0 radical (unpaired) electrons. The van der Waals surface area contributed by atoms with E-state index in [-0.39, 0.29) is 35.1 Å². The van der Waals surface area contributed by atoms with Crippen molar-refractivity contribution in [2.45, 2.75) is 31.2 Å². The Labute approximate surface area is 123 Å². The van der Waals surface area contributed by atoms with E-state index in [1.807, 2.05) is 0 Å². The summed E-state index contributed by atoms with van der Waals surface area (Å²) >= 11 is 0. The van der Waals surface area contributed by atoms with Crippen LogP contribution in [0.1, 0.15) is 31.2 Å². The summed E-state index contributed by atoms with van der Waals surface area (Å²) in [5, 5.41) is 2.89. The molecule has 2 aliphatic rings. The molecular formula is C15H18FNO3S. The van der Waals surface area contributed by atoms with E-state index in [1.165, 1.54) is 12.1 Å². The molecule has 1 amide bonds. The van der Waals surface area contributed by atoms with E-state index < -0.39 is 15.4 Å². The molecule has 3 rings (SSSR count). The molecule has 4 nitrogen and oxygen atoms in total. The first-order valence-corrected chi connectivity index (χ1v) is 8.88. The normalized spacial score (nSPS) is 33.6. The average molecular weight is 311 g/mol. The zero-order valence-electron chi connectivity index (χ0n) is 11.8. The number of hydrogen-bond donors (Lipinski definition) is 1. The molecule has 1 aromatic carbocycles. The Kier molecular flexibility index (Phi) is 3.31. The molecule has 0 spiro atoms. The van der Waals surface area contributed by atoms with Gasteiger partial charge in [0.05, 0.1) is 17.0 Å². The number of hydrogen-bond acceptors (Lipinski definition) is 3. The molecular weight excluding hydrogens is 293 g/mol. The van der Waals surface area contributed by atoms with Gasteiger partial charge in [-0.3, -0.25) is 4.79 Å². The number of benzene rings is 1. The van der Waals surface area contributed by atoms with E-state index in [9.17, 15) is 17.6 Å². The standard InChI is InChI=1S/C15H18FNO3S/c1-15(6-7-21(19,20)9-15)17-14(18)13-8-12(13)10-2-4-11(16)5-3-10/h2-5,12-13H,6-9H2,1H3,(H,17,18). The molecule has 21 heavy (non-hydrogen) atoms. The van der Waals surface area contributed by atoms with E-state index in [1.54, 1.807) is 19.1 Å². The van der Waals surface area contributed by atoms with Gasteiger partial charge in [-0.1, -0.05) is 12.1 Å². The predicted octanol–water partition coefficient (Wildman–Crippen LogP) is 1.62. The van der Waals surface area contributed by atoms with Crippen molar-refractivity contribution in [1.82, 2.24) is 5.32 Å². The third kappa shape index (κ3) is 3.10. The molecule has 1 aliphatic heterocycles. The van der Waals surface area contributed by atoms with Crippen molar-refractivity contribution in [2.24, 2.45) is 5.92 Å². The Hall–Kier alpha value is -1.43. The molecule has 1 saturated heterocycles. The Bertz CT molecular complexity index is 671. The minimum absolute atomic E-state index is 0.0136. The molecule has 1 N–H and O–H groups in total.